The van der Waals surface area contributed by atoms with Crippen LogP contribution >= 0.6 is 24.0 Å². The number of amides is 2. The number of carbonyl (C=O) groups excluding carboxylic acids is 2. The number of hydrogen-bond donors (Lipinski definition) is 3. The molecule has 0 aliphatic rings. The first-order chi connectivity index (χ1) is 10.6. The maximum atomic E-state index is 11.8. The van der Waals surface area contributed by atoms with E-state index in [0.717, 1.165) is 25.7 Å². The maximum Gasteiger partial charge on any atom is 0.251 e. The first kappa shape index (κ1) is 21.7. The van der Waals surface area contributed by atoms with Gasteiger partial charge >= 0.3 is 0 Å². The Morgan fingerprint density at radius 3 is 2.22 bits per heavy atom. The average molecular weight is 362 g/mol. The molecular formula is C16H25Cl2N3O2. The van der Waals surface area contributed by atoms with Crippen molar-refractivity contribution in [2.24, 2.45) is 5.73 Å². The number of nitrogens with two attached hydrogens (primary N) is 1. The van der Waals surface area contributed by atoms with Gasteiger partial charge in [0, 0.05) is 30.1 Å². The van der Waals surface area contributed by atoms with Gasteiger partial charge in [-0.25, -0.2) is 0 Å². The highest BCUT2D eigenvalue weighted by Crippen LogP contribution is 2.09. The zero-order valence-electron chi connectivity index (χ0n) is 13.1. The quantitative estimate of drug-likeness (QED) is 0.559. The molecule has 0 radical (unpaired) electrons. The SMILES string of the molecule is Cl.NCCCCCCC(=O)NCCNC(=O)c1ccc(Cl)cc1. The van der Waals surface area contributed by atoms with Crippen molar-refractivity contribution in [2.45, 2.75) is 32.1 Å². The normalized spacial score (nSPS) is 9.83. The molecule has 0 fully saturated rings. The second-order valence-electron chi connectivity index (χ2n) is 5.07. The fourth-order valence-electron chi connectivity index (χ4n) is 1.95. The van der Waals surface area contributed by atoms with Gasteiger partial charge in [0.05, 0.1) is 0 Å². The van der Waals surface area contributed by atoms with Gasteiger partial charge in [0.25, 0.3) is 5.91 Å². The Labute approximate surface area is 148 Å². The van der Waals surface area contributed by atoms with E-state index in [1.165, 1.54) is 0 Å². The Hall–Kier alpha value is -1.30. The van der Waals surface area contributed by atoms with E-state index in [9.17, 15) is 9.59 Å². The zero-order valence-corrected chi connectivity index (χ0v) is 14.7. The summed E-state index contributed by atoms with van der Waals surface area (Å²) in [7, 11) is 0. The third kappa shape index (κ3) is 10.2. The maximum absolute atomic E-state index is 11.8. The highest BCUT2D eigenvalue weighted by atomic mass is 35.5. The van der Waals surface area contributed by atoms with Crippen molar-refractivity contribution in [1.82, 2.24) is 10.6 Å². The van der Waals surface area contributed by atoms with Crippen molar-refractivity contribution in [2.75, 3.05) is 19.6 Å². The van der Waals surface area contributed by atoms with Crippen LogP contribution in [-0.4, -0.2) is 31.4 Å². The summed E-state index contributed by atoms with van der Waals surface area (Å²) in [6.45, 7) is 1.54. The molecule has 0 atom stereocenters. The summed E-state index contributed by atoms with van der Waals surface area (Å²) in [4.78, 5) is 23.4. The largest absolute Gasteiger partial charge is 0.354 e. The molecule has 130 valence electrons. The van der Waals surface area contributed by atoms with Gasteiger partial charge in [-0.15, -0.1) is 12.4 Å². The molecule has 4 N–H and O–H groups in total. The lowest BCUT2D eigenvalue weighted by Crippen LogP contribution is -2.34. The van der Waals surface area contributed by atoms with Crippen LogP contribution in [-0.2, 0) is 4.79 Å². The molecule has 0 saturated heterocycles. The predicted molar refractivity (Wildman–Crippen MR) is 96.2 cm³/mol. The molecule has 1 aromatic rings. The van der Waals surface area contributed by atoms with Crippen molar-refractivity contribution >= 4 is 35.8 Å². The van der Waals surface area contributed by atoms with Crippen LogP contribution in [0.15, 0.2) is 24.3 Å². The lowest BCUT2D eigenvalue weighted by Gasteiger charge is -2.07. The third-order valence-corrected chi connectivity index (χ3v) is 3.45. The average Bonchev–Trinajstić information content (AvgIpc) is 2.52. The van der Waals surface area contributed by atoms with E-state index in [0.29, 0.717) is 36.6 Å². The van der Waals surface area contributed by atoms with Crippen LogP contribution in [0.1, 0.15) is 42.5 Å². The summed E-state index contributed by atoms with van der Waals surface area (Å²) in [6, 6.07) is 6.67. The predicted octanol–water partition coefficient (Wildman–Crippen LogP) is 2.52. The first-order valence-corrected chi connectivity index (χ1v) is 8.02. The lowest BCUT2D eigenvalue weighted by molar-refractivity contribution is -0.121. The molecule has 23 heavy (non-hydrogen) atoms. The van der Waals surface area contributed by atoms with Crippen LogP contribution in [0.25, 0.3) is 0 Å². The standard InChI is InChI=1S/C16H24ClN3O2.ClH/c17-14-8-6-13(7-9-14)16(22)20-12-11-19-15(21)5-3-1-2-4-10-18;/h6-9H,1-5,10-12,18H2,(H,19,21)(H,20,22);1H. The molecule has 5 nitrogen and oxygen atoms in total. The summed E-state index contributed by atoms with van der Waals surface area (Å²) in [5.74, 6) is -0.152. The number of halogens is 2. The molecule has 1 rings (SSSR count). The highest BCUT2D eigenvalue weighted by Gasteiger charge is 2.05. The summed E-state index contributed by atoms with van der Waals surface area (Å²) in [5, 5.41) is 6.13. The molecule has 0 aliphatic carbocycles. The van der Waals surface area contributed by atoms with E-state index < -0.39 is 0 Å². The van der Waals surface area contributed by atoms with Gasteiger partial charge in [0.1, 0.15) is 0 Å². The van der Waals surface area contributed by atoms with Gasteiger partial charge in [-0.2, -0.15) is 0 Å². The molecule has 0 unspecified atom stereocenters. The molecule has 0 bridgehead atoms. The van der Waals surface area contributed by atoms with Crippen LogP contribution in [0.5, 0.6) is 0 Å². The van der Waals surface area contributed by atoms with E-state index in [4.69, 9.17) is 17.3 Å². The minimum Gasteiger partial charge on any atom is -0.354 e. The molecule has 0 aliphatic heterocycles. The van der Waals surface area contributed by atoms with Gasteiger partial charge in [-0.1, -0.05) is 24.4 Å². The highest BCUT2D eigenvalue weighted by molar-refractivity contribution is 6.30. The van der Waals surface area contributed by atoms with Crippen molar-refractivity contribution in [3.05, 3.63) is 34.9 Å². The Morgan fingerprint density at radius 2 is 1.57 bits per heavy atom. The Morgan fingerprint density at radius 1 is 0.957 bits per heavy atom. The fourth-order valence-corrected chi connectivity index (χ4v) is 2.08. The van der Waals surface area contributed by atoms with Gasteiger partial charge in [-0.05, 0) is 43.7 Å². The first-order valence-electron chi connectivity index (χ1n) is 7.64. The second kappa shape index (κ2) is 13.2. The number of unbranched alkanes of at least 4 members (excludes halogenated alkanes) is 3. The number of hydrogen-bond acceptors (Lipinski definition) is 3. The zero-order chi connectivity index (χ0) is 16.2. The van der Waals surface area contributed by atoms with Gasteiger partial charge in [-0.3, -0.25) is 9.59 Å². The molecule has 0 aromatic heterocycles. The van der Waals surface area contributed by atoms with Crippen LogP contribution in [0.2, 0.25) is 5.02 Å². The van der Waals surface area contributed by atoms with E-state index in [1.807, 2.05) is 0 Å². The number of carbonyl (C=O) groups is 2. The van der Waals surface area contributed by atoms with E-state index in [1.54, 1.807) is 24.3 Å². The van der Waals surface area contributed by atoms with Crippen LogP contribution < -0.4 is 16.4 Å². The summed E-state index contributed by atoms with van der Waals surface area (Å²) in [6.07, 6.45) is 4.51. The second-order valence-corrected chi connectivity index (χ2v) is 5.50. The fraction of sp³-hybridized carbons (Fsp3) is 0.500. The number of benzene rings is 1. The summed E-state index contributed by atoms with van der Waals surface area (Å²) >= 11 is 5.76. The molecular weight excluding hydrogens is 337 g/mol. The smallest absolute Gasteiger partial charge is 0.251 e. The van der Waals surface area contributed by atoms with Crippen LogP contribution in [0.3, 0.4) is 0 Å². The monoisotopic (exact) mass is 361 g/mol. The van der Waals surface area contributed by atoms with E-state index in [-0.39, 0.29) is 24.2 Å². The molecule has 0 heterocycles. The Bertz CT molecular complexity index is 467. The Kier molecular flexibility index (Phi) is 12.4. The van der Waals surface area contributed by atoms with Crippen molar-refractivity contribution < 1.29 is 9.59 Å². The van der Waals surface area contributed by atoms with Gasteiger partial charge in [0.2, 0.25) is 5.91 Å². The minimum atomic E-state index is -0.173. The van der Waals surface area contributed by atoms with Crippen molar-refractivity contribution in [1.29, 1.82) is 0 Å². The molecule has 0 spiro atoms. The van der Waals surface area contributed by atoms with Crippen molar-refractivity contribution in [3.8, 4) is 0 Å². The Balaban J connectivity index is 0.00000484. The molecule has 2 amide bonds. The third-order valence-electron chi connectivity index (χ3n) is 3.20. The lowest BCUT2D eigenvalue weighted by atomic mass is 10.1. The minimum absolute atomic E-state index is 0. The molecule has 7 heteroatoms. The van der Waals surface area contributed by atoms with Gasteiger partial charge < -0.3 is 16.4 Å². The molecule has 0 saturated carbocycles. The topological polar surface area (TPSA) is 84.2 Å². The van der Waals surface area contributed by atoms with Crippen LogP contribution in [0.4, 0.5) is 0 Å². The number of nitrogens with one attached hydrogen (secondary N) is 2. The van der Waals surface area contributed by atoms with E-state index in [2.05, 4.69) is 10.6 Å². The summed E-state index contributed by atoms with van der Waals surface area (Å²) in [5.41, 5.74) is 5.96. The van der Waals surface area contributed by atoms with E-state index >= 15 is 0 Å². The van der Waals surface area contributed by atoms with Crippen molar-refractivity contribution in [3.63, 3.8) is 0 Å². The number of rotatable bonds is 10. The van der Waals surface area contributed by atoms with Gasteiger partial charge in [0.15, 0.2) is 0 Å². The van der Waals surface area contributed by atoms with Crippen LogP contribution in [0, 0.1) is 0 Å². The summed E-state index contributed by atoms with van der Waals surface area (Å²) < 4.78 is 0. The molecule has 1 aromatic carbocycles.